The Morgan fingerprint density at radius 3 is 2.40 bits per heavy atom. The van der Waals surface area contributed by atoms with Crippen LogP contribution in [-0.4, -0.2) is 32.3 Å². The van der Waals surface area contributed by atoms with Gasteiger partial charge < -0.3 is 18.6 Å². The number of benzene rings is 2. The van der Waals surface area contributed by atoms with Crippen LogP contribution in [0.4, 0.5) is 0 Å². The Bertz CT molecular complexity index is 1070. The van der Waals surface area contributed by atoms with Gasteiger partial charge in [0.05, 0.1) is 37.8 Å². The fourth-order valence-corrected chi connectivity index (χ4v) is 2.58. The molecule has 0 radical (unpaired) electrons. The summed E-state index contributed by atoms with van der Waals surface area (Å²) in [5.74, 6) is 0.844. The Kier molecular flexibility index (Phi) is 6.49. The van der Waals surface area contributed by atoms with Gasteiger partial charge in [0, 0.05) is 0 Å². The summed E-state index contributed by atoms with van der Waals surface area (Å²) in [5, 5.41) is 3.93. The molecule has 0 spiro atoms. The van der Waals surface area contributed by atoms with E-state index < -0.39 is 5.97 Å². The summed E-state index contributed by atoms with van der Waals surface area (Å²) in [4.78, 5) is 24.4. The molecule has 0 aliphatic rings. The van der Waals surface area contributed by atoms with Crippen LogP contribution in [-0.2, 0) is 0 Å². The second-order valence-corrected chi connectivity index (χ2v) is 6.12. The highest BCUT2D eigenvalue weighted by Gasteiger charge is 2.13. The quantitative estimate of drug-likeness (QED) is 0.278. The molecule has 0 bridgehead atoms. The molecule has 154 valence electrons. The summed E-state index contributed by atoms with van der Waals surface area (Å²) >= 11 is 0. The van der Waals surface area contributed by atoms with Gasteiger partial charge in [-0.1, -0.05) is 0 Å². The van der Waals surface area contributed by atoms with E-state index in [1.54, 1.807) is 62.6 Å². The number of methoxy groups -OCH3 is 2. The number of hydrogen-bond acceptors (Lipinski definition) is 7. The number of rotatable bonds is 7. The number of ether oxygens (including phenoxy) is 3. The fraction of sp³-hybridized carbons (Fsp3) is 0.136. The molecule has 8 heteroatoms. The van der Waals surface area contributed by atoms with Crippen LogP contribution in [0, 0.1) is 6.92 Å². The highest BCUT2D eigenvalue weighted by molar-refractivity contribution is 5.95. The summed E-state index contributed by atoms with van der Waals surface area (Å²) in [7, 11) is 3.01. The van der Waals surface area contributed by atoms with Crippen LogP contribution in [0.5, 0.6) is 17.2 Å². The van der Waals surface area contributed by atoms with Gasteiger partial charge in [-0.05, 0) is 61.0 Å². The number of carbonyl (C=O) groups is 2. The smallest absolute Gasteiger partial charge is 0.343 e. The second-order valence-electron chi connectivity index (χ2n) is 6.12. The number of nitrogens with one attached hydrogen (secondary N) is 1. The van der Waals surface area contributed by atoms with Crippen molar-refractivity contribution in [2.24, 2.45) is 5.10 Å². The minimum absolute atomic E-state index is 0.258. The molecule has 1 heterocycles. The van der Waals surface area contributed by atoms with Gasteiger partial charge in [-0.2, -0.15) is 5.10 Å². The molecular formula is C22H20N2O6. The molecule has 1 N–H and O–H groups in total. The molecule has 30 heavy (non-hydrogen) atoms. The maximum atomic E-state index is 12.4. The van der Waals surface area contributed by atoms with E-state index in [1.807, 2.05) is 0 Å². The van der Waals surface area contributed by atoms with E-state index in [1.165, 1.54) is 19.6 Å². The minimum atomic E-state index is -0.528. The monoisotopic (exact) mass is 408 g/mol. The van der Waals surface area contributed by atoms with Gasteiger partial charge in [0.1, 0.15) is 11.5 Å². The number of esters is 1. The van der Waals surface area contributed by atoms with Crippen molar-refractivity contribution < 1.29 is 28.2 Å². The van der Waals surface area contributed by atoms with Gasteiger partial charge in [0.2, 0.25) is 0 Å². The first-order chi connectivity index (χ1) is 14.5. The van der Waals surface area contributed by atoms with Gasteiger partial charge in [0.15, 0.2) is 11.5 Å². The van der Waals surface area contributed by atoms with Gasteiger partial charge >= 0.3 is 5.97 Å². The van der Waals surface area contributed by atoms with E-state index in [9.17, 15) is 9.59 Å². The van der Waals surface area contributed by atoms with E-state index in [0.717, 1.165) is 0 Å². The van der Waals surface area contributed by atoms with Crippen molar-refractivity contribution >= 4 is 18.1 Å². The van der Waals surface area contributed by atoms with E-state index >= 15 is 0 Å². The molecule has 2 aromatic carbocycles. The number of amides is 1. The Labute approximate surface area is 173 Å². The van der Waals surface area contributed by atoms with Gasteiger partial charge in [0.25, 0.3) is 5.91 Å². The topological polar surface area (TPSA) is 99.4 Å². The van der Waals surface area contributed by atoms with Crippen LogP contribution in [0.1, 0.15) is 32.0 Å². The number of furan rings is 1. The van der Waals surface area contributed by atoms with Crippen molar-refractivity contribution in [2.45, 2.75) is 6.92 Å². The first-order valence-corrected chi connectivity index (χ1v) is 8.93. The summed E-state index contributed by atoms with van der Waals surface area (Å²) < 4.78 is 20.9. The molecule has 0 unspecified atom stereocenters. The highest BCUT2D eigenvalue weighted by atomic mass is 16.6. The molecule has 0 atom stereocenters. The van der Waals surface area contributed by atoms with E-state index in [-0.39, 0.29) is 11.7 Å². The largest absolute Gasteiger partial charge is 0.497 e. The third kappa shape index (κ3) is 4.85. The summed E-state index contributed by atoms with van der Waals surface area (Å²) in [6.07, 6.45) is 2.88. The van der Waals surface area contributed by atoms with E-state index in [0.29, 0.717) is 33.9 Å². The predicted molar refractivity (Wildman–Crippen MR) is 109 cm³/mol. The van der Waals surface area contributed by atoms with Crippen molar-refractivity contribution in [3.8, 4) is 17.2 Å². The Balaban J connectivity index is 1.67. The number of hydrazone groups is 1. The van der Waals surface area contributed by atoms with Gasteiger partial charge in [-0.25, -0.2) is 10.2 Å². The zero-order valence-corrected chi connectivity index (χ0v) is 16.7. The van der Waals surface area contributed by atoms with E-state index in [4.69, 9.17) is 18.6 Å². The average Bonchev–Trinajstić information content (AvgIpc) is 3.20. The van der Waals surface area contributed by atoms with E-state index in [2.05, 4.69) is 10.5 Å². The number of hydrogen-bond donors (Lipinski definition) is 1. The van der Waals surface area contributed by atoms with Crippen LogP contribution in [0.2, 0.25) is 0 Å². The minimum Gasteiger partial charge on any atom is -0.497 e. The number of nitrogens with zero attached hydrogens (tertiary/aromatic N) is 1. The Morgan fingerprint density at radius 2 is 1.77 bits per heavy atom. The maximum absolute atomic E-state index is 12.4. The lowest BCUT2D eigenvalue weighted by Crippen LogP contribution is -2.17. The molecular weight excluding hydrogens is 388 g/mol. The van der Waals surface area contributed by atoms with Crippen LogP contribution < -0.4 is 19.6 Å². The summed E-state index contributed by atoms with van der Waals surface area (Å²) in [6, 6.07) is 13.0. The zero-order valence-electron chi connectivity index (χ0n) is 16.7. The standard InChI is InChI=1S/C22H20N2O6/c1-14-18(10-11-29-14)21(25)24-23-13-15-4-9-19(20(12-15)28-3)30-22(26)16-5-7-17(27-2)8-6-16/h4-13H,1-3H3,(H,24,25)/b23-13-. The second kappa shape index (κ2) is 9.42. The number of carbonyl (C=O) groups excluding carboxylic acids is 2. The number of aryl methyl sites for hydroxylation is 1. The third-order valence-electron chi connectivity index (χ3n) is 4.20. The maximum Gasteiger partial charge on any atom is 0.343 e. The lowest BCUT2D eigenvalue weighted by molar-refractivity contribution is 0.0729. The molecule has 1 aromatic heterocycles. The Morgan fingerprint density at radius 1 is 1.00 bits per heavy atom. The molecule has 0 saturated carbocycles. The van der Waals surface area contributed by atoms with Crippen LogP contribution in [0.3, 0.4) is 0 Å². The molecule has 3 rings (SSSR count). The Hall–Kier alpha value is -4.07. The van der Waals surface area contributed by atoms with Gasteiger partial charge in [-0.3, -0.25) is 4.79 Å². The zero-order chi connectivity index (χ0) is 21.5. The molecule has 8 nitrogen and oxygen atoms in total. The third-order valence-corrected chi connectivity index (χ3v) is 4.20. The summed E-state index contributed by atoms with van der Waals surface area (Å²) in [6.45, 7) is 1.69. The lowest BCUT2D eigenvalue weighted by Gasteiger charge is -2.10. The van der Waals surface area contributed by atoms with Crippen molar-refractivity contribution in [3.63, 3.8) is 0 Å². The first kappa shape index (κ1) is 20.7. The van der Waals surface area contributed by atoms with Crippen LogP contribution in [0.25, 0.3) is 0 Å². The predicted octanol–water partition coefficient (Wildman–Crippen LogP) is 3.59. The molecule has 0 saturated heterocycles. The lowest BCUT2D eigenvalue weighted by atomic mass is 10.2. The fourth-order valence-electron chi connectivity index (χ4n) is 2.58. The molecule has 0 fully saturated rings. The van der Waals surface area contributed by atoms with Crippen molar-refractivity contribution in [3.05, 3.63) is 77.2 Å². The molecule has 0 aliphatic carbocycles. The first-order valence-electron chi connectivity index (χ1n) is 8.93. The SMILES string of the molecule is COc1ccc(C(=O)Oc2ccc(/C=N\NC(=O)c3ccoc3C)cc2OC)cc1. The van der Waals surface area contributed by atoms with Gasteiger partial charge in [-0.15, -0.1) is 0 Å². The average molecular weight is 408 g/mol. The van der Waals surface area contributed by atoms with Crippen molar-refractivity contribution in [1.29, 1.82) is 0 Å². The van der Waals surface area contributed by atoms with Crippen molar-refractivity contribution in [2.75, 3.05) is 14.2 Å². The molecule has 3 aromatic rings. The molecule has 0 aliphatic heterocycles. The highest BCUT2D eigenvalue weighted by Crippen LogP contribution is 2.28. The summed E-state index contributed by atoms with van der Waals surface area (Å²) in [5.41, 5.74) is 3.85. The van der Waals surface area contributed by atoms with Crippen LogP contribution in [0.15, 0.2) is 64.3 Å². The van der Waals surface area contributed by atoms with Crippen molar-refractivity contribution in [1.82, 2.24) is 5.43 Å². The normalized spacial score (nSPS) is 10.6. The molecule has 1 amide bonds. The van der Waals surface area contributed by atoms with Crippen LogP contribution >= 0.6 is 0 Å².